The molecule has 0 saturated heterocycles. The molecule has 0 bridgehead atoms. The van der Waals surface area contributed by atoms with E-state index in [0.717, 1.165) is 13.1 Å². The van der Waals surface area contributed by atoms with E-state index in [2.05, 4.69) is 29.0 Å². The molecule has 0 aliphatic heterocycles. The summed E-state index contributed by atoms with van der Waals surface area (Å²) in [7, 11) is 0. The molecule has 0 fully saturated rings. The first kappa shape index (κ1) is 16.1. The van der Waals surface area contributed by atoms with Gasteiger partial charge in [0.15, 0.2) is 0 Å². The minimum Gasteiger partial charge on any atom is -0.478 e. The van der Waals surface area contributed by atoms with Gasteiger partial charge in [-0.3, -0.25) is 9.78 Å². The van der Waals surface area contributed by atoms with E-state index in [1.54, 1.807) is 0 Å². The number of aromatic nitrogens is 1. The van der Waals surface area contributed by atoms with Crippen LogP contribution in [0.15, 0.2) is 18.3 Å². The fraction of sp³-hybridized carbons (Fsp3) is 0.500. The van der Waals surface area contributed by atoms with Gasteiger partial charge in [0.2, 0.25) is 0 Å². The van der Waals surface area contributed by atoms with Crippen LogP contribution in [-0.4, -0.2) is 52.5 Å². The minimum absolute atomic E-state index is 0.0496. The van der Waals surface area contributed by atoms with E-state index in [4.69, 9.17) is 5.11 Å². The van der Waals surface area contributed by atoms with Gasteiger partial charge in [0.25, 0.3) is 5.91 Å². The van der Waals surface area contributed by atoms with Crippen molar-refractivity contribution in [2.45, 2.75) is 26.8 Å². The molecule has 110 valence electrons. The quantitative estimate of drug-likeness (QED) is 0.784. The zero-order valence-electron chi connectivity index (χ0n) is 12.1. The Bertz CT molecular complexity index is 472. The number of carbonyl (C=O) groups excluding carboxylic acids is 1. The number of carboxylic acid groups (broad SMARTS) is 1. The SMILES string of the molecule is CCN(CC)CC(C)NC(=O)c1ncccc1C(=O)O. The van der Waals surface area contributed by atoms with E-state index >= 15 is 0 Å². The van der Waals surface area contributed by atoms with Gasteiger partial charge in [-0.05, 0) is 32.1 Å². The highest BCUT2D eigenvalue weighted by molar-refractivity contribution is 6.03. The summed E-state index contributed by atoms with van der Waals surface area (Å²) in [5.41, 5.74) is -0.133. The van der Waals surface area contributed by atoms with Crippen LogP contribution in [0.2, 0.25) is 0 Å². The predicted octanol–water partition coefficient (Wildman–Crippen LogP) is 1.24. The van der Waals surface area contributed by atoms with Crippen molar-refractivity contribution in [3.63, 3.8) is 0 Å². The Morgan fingerprint density at radius 1 is 1.40 bits per heavy atom. The highest BCUT2D eigenvalue weighted by Crippen LogP contribution is 2.06. The molecule has 0 aliphatic carbocycles. The Balaban J connectivity index is 2.74. The molecule has 1 aromatic heterocycles. The molecule has 0 aliphatic rings. The second-order valence-electron chi connectivity index (χ2n) is 4.57. The van der Waals surface area contributed by atoms with E-state index < -0.39 is 11.9 Å². The van der Waals surface area contributed by atoms with Crippen LogP contribution in [0.25, 0.3) is 0 Å². The highest BCUT2D eigenvalue weighted by atomic mass is 16.4. The number of likely N-dealkylation sites (N-methyl/N-ethyl adjacent to an activating group) is 1. The number of carboxylic acids is 1. The summed E-state index contributed by atoms with van der Waals surface area (Å²) >= 11 is 0. The predicted molar refractivity (Wildman–Crippen MR) is 75.9 cm³/mol. The highest BCUT2D eigenvalue weighted by Gasteiger charge is 2.19. The van der Waals surface area contributed by atoms with Crippen LogP contribution in [0.5, 0.6) is 0 Å². The monoisotopic (exact) mass is 279 g/mol. The van der Waals surface area contributed by atoms with Crippen molar-refractivity contribution in [3.8, 4) is 0 Å². The number of hydrogen-bond donors (Lipinski definition) is 2. The third-order valence-electron chi connectivity index (χ3n) is 3.06. The second kappa shape index (κ2) is 7.59. The van der Waals surface area contributed by atoms with Crippen LogP contribution in [0.3, 0.4) is 0 Å². The molecule has 20 heavy (non-hydrogen) atoms. The van der Waals surface area contributed by atoms with Gasteiger partial charge in [0, 0.05) is 18.8 Å². The summed E-state index contributed by atoms with van der Waals surface area (Å²) in [5.74, 6) is -1.61. The van der Waals surface area contributed by atoms with Crippen LogP contribution >= 0.6 is 0 Å². The zero-order valence-corrected chi connectivity index (χ0v) is 12.1. The molecule has 1 atom stereocenters. The largest absolute Gasteiger partial charge is 0.478 e. The van der Waals surface area contributed by atoms with Gasteiger partial charge >= 0.3 is 5.97 Å². The van der Waals surface area contributed by atoms with Crippen LogP contribution in [-0.2, 0) is 0 Å². The maximum Gasteiger partial charge on any atom is 0.338 e. The van der Waals surface area contributed by atoms with Crippen LogP contribution in [0, 0.1) is 0 Å². The fourth-order valence-electron chi connectivity index (χ4n) is 1.97. The minimum atomic E-state index is -1.15. The van der Waals surface area contributed by atoms with Gasteiger partial charge in [0.05, 0.1) is 5.56 Å². The van der Waals surface area contributed by atoms with Crippen LogP contribution < -0.4 is 5.32 Å². The van der Waals surface area contributed by atoms with Gasteiger partial charge in [-0.15, -0.1) is 0 Å². The lowest BCUT2D eigenvalue weighted by Crippen LogP contribution is -2.42. The smallest absolute Gasteiger partial charge is 0.338 e. The number of pyridine rings is 1. The van der Waals surface area contributed by atoms with Crippen LogP contribution in [0.4, 0.5) is 0 Å². The molecule has 1 aromatic rings. The zero-order chi connectivity index (χ0) is 15.1. The molecule has 6 heteroatoms. The Morgan fingerprint density at radius 3 is 2.60 bits per heavy atom. The van der Waals surface area contributed by atoms with Crippen molar-refractivity contribution in [1.82, 2.24) is 15.2 Å². The Morgan fingerprint density at radius 2 is 2.05 bits per heavy atom. The maximum atomic E-state index is 12.1. The summed E-state index contributed by atoms with van der Waals surface area (Å²) in [4.78, 5) is 29.2. The first-order chi connectivity index (χ1) is 9.49. The molecule has 1 rings (SSSR count). The van der Waals surface area contributed by atoms with E-state index in [0.29, 0.717) is 6.54 Å². The van der Waals surface area contributed by atoms with Gasteiger partial charge in [0.1, 0.15) is 5.69 Å². The molecular formula is C14H21N3O3. The first-order valence-corrected chi connectivity index (χ1v) is 6.71. The molecule has 1 unspecified atom stereocenters. The molecule has 0 aromatic carbocycles. The summed E-state index contributed by atoms with van der Waals surface area (Å²) in [5, 5.41) is 11.8. The number of hydrogen-bond acceptors (Lipinski definition) is 4. The van der Waals surface area contributed by atoms with Gasteiger partial charge in [-0.2, -0.15) is 0 Å². The molecule has 6 nitrogen and oxygen atoms in total. The summed E-state index contributed by atoms with van der Waals surface area (Å²) in [6, 6.07) is 2.80. The Labute approximate surface area is 118 Å². The Kier molecular flexibility index (Phi) is 6.11. The number of amides is 1. The standard InChI is InChI=1S/C14H21N3O3/c1-4-17(5-2)9-10(3)16-13(18)12-11(14(19)20)7-6-8-15-12/h6-8,10H,4-5,9H2,1-3H3,(H,16,18)(H,19,20). The lowest BCUT2D eigenvalue weighted by molar-refractivity contribution is 0.0689. The lowest BCUT2D eigenvalue weighted by Gasteiger charge is -2.23. The summed E-state index contributed by atoms with van der Waals surface area (Å²) in [6.45, 7) is 8.52. The number of carbonyl (C=O) groups is 2. The molecule has 0 saturated carbocycles. The van der Waals surface area contributed by atoms with Crippen LogP contribution in [0.1, 0.15) is 41.6 Å². The van der Waals surface area contributed by atoms with E-state index in [1.807, 2.05) is 6.92 Å². The van der Waals surface area contributed by atoms with Crippen molar-refractivity contribution in [1.29, 1.82) is 0 Å². The van der Waals surface area contributed by atoms with Gasteiger partial charge in [-0.25, -0.2) is 4.79 Å². The van der Waals surface area contributed by atoms with Gasteiger partial charge in [-0.1, -0.05) is 13.8 Å². The fourth-order valence-corrected chi connectivity index (χ4v) is 1.97. The van der Waals surface area contributed by atoms with E-state index in [1.165, 1.54) is 18.3 Å². The summed E-state index contributed by atoms with van der Waals surface area (Å²) < 4.78 is 0. The summed E-state index contributed by atoms with van der Waals surface area (Å²) in [6.07, 6.45) is 1.41. The molecule has 2 N–H and O–H groups in total. The van der Waals surface area contributed by atoms with Crippen molar-refractivity contribution in [3.05, 3.63) is 29.6 Å². The number of rotatable bonds is 7. The number of aromatic carboxylic acids is 1. The molecule has 0 spiro atoms. The van der Waals surface area contributed by atoms with E-state index in [9.17, 15) is 9.59 Å². The molecular weight excluding hydrogens is 258 g/mol. The average molecular weight is 279 g/mol. The second-order valence-corrected chi connectivity index (χ2v) is 4.57. The average Bonchev–Trinajstić information content (AvgIpc) is 2.44. The van der Waals surface area contributed by atoms with Crippen molar-refractivity contribution in [2.24, 2.45) is 0 Å². The van der Waals surface area contributed by atoms with Crippen molar-refractivity contribution in [2.75, 3.05) is 19.6 Å². The molecule has 1 amide bonds. The topological polar surface area (TPSA) is 82.5 Å². The molecule has 0 radical (unpaired) electrons. The van der Waals surface area contributed by atoms with Gasteiger partial charge < -0.3 is 15.3 Å². The number of nitrogens with one attached hydrogen (secondary N) is 1. The van der Waals surface area contributed by atoms with Crippen molar-refractivity contribution < 1.29 is 14.7 Å². The third kappa shape index (κ3) is 4.31. The number of nitrogens with zero attached hydrogens (tertiary/aromatic N) is 2. The normalized spacial score (nSPS) is 12.2. The molecule has 1 heterocycles. The Hall–Kier alpha value is -1.95. The maximum absolute atomic E-state index is 12.1. The van der Waals surface area contributed by atoms with E-state index in [-0.39, 0.29) is 17.3 Å². The first-order valence-electron chi connectivity index (χ1n) is 6.71. The third-order valence-corrected chi connectivity index (χ3v) is 3.06. The lowest BCUT2D eigenvalue weighted by atomic mass is 10.1. The van der Waals surface area contributed by atoms with Crippen molar-refractivity contribution >= 4 is 11.9 Å².